The van der Waals surface area contributed by atoms with E-state index in [-0.39, 0.29) is 12.7 Å². The van der Waals surface area contributed by atoms with Gasteiger partial charge >= 0.3 is 0 Å². The molecule has 2 N–H and O–H groups in total. The number of anilines is 2. The number of ether oxygens (including phenoxy) is 2. The molecule has 2 atom stereocenters. The molecule has 0 fully saturated rings. The predicted molar refractivity (Wildman–Crippen MR) is 129 cm³/mol. The number of benzene rings is 3. The van der Waals surface area contributed by atoms with E-state index in [0.29, 0.717) is 18.7 Å². The first-order valence-corrected chi connectivity index (χ1v) is 11.2. The number of aliphatic hydroxyl groups is 1. The van der Waals surface area contributed by atoms with Gasteiger partial charge in [-0.05, 0) is 66.9 Å². The molecule has 0 saturated heterocycles. The van der Waals surface area contributed by atoms with Crippen LogP contribution in [-0.2, 0) is 6.42 Å². The van der Waals surface area contributed by atoms with E-state index in [9.17, 15) is 5.11 Å². The number of nitrogens with one attached hydrogen (secondary N) is 1. The largest absolute Gasteiger partial charge is 0.491 e. The van der Waals surface area contributed by atoms with Crippen molar-refractivity contribution in [2.75, 3.05) is 31.6 Å². The van der Waals surface area contributed by atoms with Crippen LogP contribution in [0.5, 0.6) is 11.5 Å². The minimum atomic E-state index is -0.585. The van der Waals surface area contributed by atoms with Crippen LogP contribution >= 0.6 is 0 Å². The molecular weight excluding hydrogens is 414 g/mol. The maximum absolute atomic E-state index is 10.2. The Hall–Kier alpha value is -3.53. The number of nitriles is 1. The summed E-state index contributed by atoms with van der Waals surface area (Å²) < 4.78 is 11.8. The van der Waals surface area contributed by atoms with Crippen LogP contribution in [0.2, 0.25) is 0 Å². The fourth-order valence-corrected chi connectivity index (χ4v) is 3.90. The molecule has 0 bridgehead atoms. The molecule has 3 aromatic rings. The van der Waals surface area contributed by atoms with Crippen LogP contribution in [0.25, 0.3) is 0 Å². The van der Waals surface area contributed by atoms with Gasteiger partial charge in [0.15, 0.2) is 0 Å². The normalized spacial score (nSPS) is 15.6. The highest BCUT2D eigenvalue weighted by molar-refractivity contribution is 5.66. The third-order valence-electron chi connectivity index (χ3n) is 5.76. The maximum Gasteiger partial charge on any atom is 0.123 e. The highest BCUT2D eigenvalue weighted by Crippen LogP contribution is 2.33. The van der Waals surface area contributed by atoms with E-state index in [1.807, 2.05) is 73.8 Å². The van der Waals surface area contributed by atoms with E-state index in [1.165, 1.54) is 5.56 Å². The van der Waals surface area contributed by atoms with Crippen LogP contribution in [-0.4, -0.2) is 44.1 Å². The smallest absolute Gasteiger partial charge is 0.123 e. The van der Waals surface area contributed by atoms with Crippen molar-refractivity contribution in [2.24, 2.45) is 0 Å². The molecule has 6 nitrogen and oxygen atoms in total. The summed E-state index contributed by atoms with van der Waals surface area (Å²) in [5.41, 5.74) is 3.87. The van der Waals surface area contributed by atoms with Crippen LogP contribution in [0, 0.1) is 11.3 Å². The number of nitrogens with zero attached hydrogens (tertiary/aromatic N) is 2. The van der Waals surface area contributed by atoms with E-state index in [0.717, 1.165) is 35.7 Å². The van der Waals surface area contributed by atoms with Gasteiger partial charge in [0, 0.05) is 31.5 Å². The highest BCUT2D eigenvalue weighted by Gasteiger charge is 2.21. The second-order valence-electron chi connectivity index (χ2n) is 8.23. The van der Waals surface area contributed by atoms with Crippen molar-refractivity contribution in [3.63, 3.8) is 0 Å². The highest BCUT2D eigenvalue weighted by atomic mass is 16.5. The van der Waals surface area contributed by atoms with Crippen molar-refractivity contribution in [2.45, 2.75) is 25.0 Å². The van der Waals surface area contributed by atoms with Crippen molar-refractivity contribution in [1.29, 1.82) is 5.26 Å². The van der Waals surface area contributed by atoms with E-state index in [2.05, 4.69) is 22.4 Å². The summed E-state index contributed by atoms with van der Waals surface area (Å²) in [4.78, 5) is 2.08. The molecule has 0 spiro atoms. The predicted octanol–water partition coefficient (Wildman–Crippen LogP) is 4.05. The quantitative estimate of drug-likeness (QED) is 0.520. The lowest BCUT2D eigenvalue weighted by atomic mass is 10.0. The SMILES string of the molecule is CN(c1cccc(C#N)c1)c1ccc2c(c1)CC[C@H](CNC[C@H](O)COc1ccccc1)O2. The summed E-state index contributed by atoms with van der Waals surface area (Å²) in [6.07, 6.45) is 1.32. The molecule has 6 heteroatoms. The zero-order valence-electron chi connectivity index (χ0n) is 18.8. The molecule has 0 aliphatic carbocycles. The van der Waals surface area contributed by atoms with Gasteiger partial charge in [-0.25, -0.2) is 0 Å². The Morgan fingerprint density at radius 3 is 2.76 bits per heavy atom. The molecule has 1 aliphatic rings. The second-order valence-corrected chi connectivity index (χ2v) is 8.23. The first-order chi connectivity index (χ1) is 16.1. The Labute approximate surface area is 195 Å². The van der Waals surface area contributed by atoms with Gasteiger partial charge in [0.25, 0.3) is 0 Å². The number of para-hydroxylation sites is 1. The summed E-state index contributed by atoms with van der Waals surface area (Å²) in [5.74, 6) is 1.66. The number of rotatable bonds is 9. The van der Waals surface area contributed by atoms with Gasteiger partial charge in [0.1, 0.15) is 30.3 Å². The topological polar surface area (TPSA) is 77.8 Å². The second kappa shape index (κ2) is 10.9. The molecule has 0 unspecified atom stereocenters. The summed E-state index contributed by atoms with van der Waals surface area (Å²) in [6, 6.07) is 25.5. The van der Waals surface area contributed by atoms with Crippen molar-refractivity contribution in [3.8, 4) is 17.6 Å². The van der Waals surface area contributed by atoms with E-state index < -0.39 is 6.10 Å². The molecule has 0 saturated carbocycles. The monoisotopic (exact) mass is 443 g/mol. The Morgan fingerprint density at radius 1 is 1.12 bits per heavy atom. The first kappa shape index (κ1) is 22.7. The van der Waals surface area contributed by atoms with E-state index in [1.54, 1.807) is 0 Å². The lowest BCUT2D eigenvalue weighted by Crippen LogP contribution is -2.39. The molecule has 33 heavy (non-hydrogen) atoms. The molecule has 4 rings (SSSR count). The number of aliphatic hydroxyl groups excluding tert-OH is 1. The Morgan fingerprint density at radius 2 is 1.94 bits per heavy atom. The van der Waals surface area contributed by atoms with Gasteiger partial charge < -0.3 is 24.8 Å². The van der Waals surface area contributed by atoms with E-state index >= 15 is 0 Å². The van der Waals surface area contributed by atoms with Crippen molar-refractivity contribution >= 4 is 11.4 Å². The van der Waals surface area contributed by atoms with Crippen LogP contribution in [0.15, 0.2) is 72.8 Å². The third-order valence-corrected chi connectivity index (χ3v) is 5.76. The third kappa shape index (κ3) is 6.04. The minimum absolute atomic E-state index is 0.0654. The molecule has 0 amide bonds. The first-order valence-electron chi connectivity index (χ1n) is 11.2. The van der Waals surface area contributed by atoms with Gasteiger partial charge in [0.2, 0.25) is 0 Å². The number of fused-ring (bicyclic) bond motifs is 1. The fourth-order valence-electron chi connectivity index (χ4n) is 3.90. The number of hydrogen-bond donors (Lipinski definition) is 2. The molecule has 0 radical (unpaired) electrons. The Kier molecular flexibility index (Phi) is 7.46. The summed E-state index contributed by atoms with van der Waals surface area (Å²) in [5, 5.41) is 22.6. The van der Waals surface area contributed by atoms with Gasteiger partial charge in [-0.1, -0.05) is 24.3 Å². The summed E-state index contributed by atoms with van der Waals surface area (Å²) >= 11 is 0. The van der Waals surface area contributed by atoms with Gasteiger partial charge in [0.05, 0.1) is 11.6 Å². The molecule has 1 heterocycles. The van der Waals surface area contributed by atoms with Crippen LogP contribution in [0.3, 0.4) is 0 Å². The van der Waals surface area contributed by atoms with Crippen LogP contribution in [0.4, 0.5) is 11.4 Å². The van der Waals surface area contributed by atoms with Crippen LogP contribution < -0.4 is 19.7 Å². The minimum Gasteiger partial charge on any atom is -0.491 e. The zero-order chi connectivity index (χ0) is 23.0. The molecule has 3 aromatic carbocycles. The molecule has 170 valence electrons. The van der Waals surface area contributed by atoms with Crippen molar-refractivity contribution in [1.82, 2.24) is 5.32 Å². The van der Waals surface area contributed by atoms with Gasteiger partial charge in [-0.15, -0.1) is 0 Å². The Balaban J connectivity index is 1.26. The van der Waals surface area contributed by atoms with Gasteiger partial charge in [-0.3, -0.25) is 0 Å². The molecule has 1 aliphatic heterocycles. The molecule has 0 aromatic heterocycles. The maximum atomic E-state index is 10.2. The average Bonchev–Trinajstić information content (AvgIpc) is 2.87. The van der Waals surface area contributed by atoms with Crippen molar-refractivity contribution < 1.29 is 14.6 Å². The summed E-state index contributed by atoms with van der Waals surface area (Å²) in [6.45, 7) is 1.37. The van der Waals surface area contributed by atoms with Gasteiger partial charge in [-0.2, -0.15) is 5.26 Å². The lowest BCUT2D eigenvalue weighted by Gasteiger charge is -2.28. The molecular formula is C27H29N3O3. The van der Waals surface area contributed by atoms with E-state index in [4.69, 9.17) is 14.7 Å². The standard InChI is InChI=1S/C27H29N3O3/c1-30(22-7-5-6-20(14-22)16-28)23-11-13-27-21(15-23)10-12-26(33-27)18-29-17-24(31)19-32-25-8-3-2-4-9-25/h2-9,11,13-15,24,26,29,31H,10,12,17-19H2,1H3/t24-,26+/m0/s1. The van der Waals surface area contributed by atoms with Crippen LogP contribution in [0.1, 0.15) is 17.5 Å². The fraction of sp³-hybridized carbons (Fsp3) is 0.296. The number of hydrogen-bond acceptors (Lipinski definition) is 6. The zero-order valence-corrected chi connectivity index (χ0v) is 18.8. The lowest BCUT2D eigenvalue weighted by molar-refractivity contribution is 0.0998. The van der Waals surface area contributed by atoms with Crippen molar-refractivity contribution in [3.05, 3.63) is 83.9 Å². The summed E-state index contributed by atoms with van der Waals surface area (Å²) in [7, 11) is 2.00. The Bertz CT molecular complexity index is 1100. The average molecular weight is 444 g/mol. The number of aryl methyl sites for hydroxylation is 1.